The molecule has 3 N–H and O–H groups in total. The molecule has 3 saturated carbocycles. The summed E-state index contributed by atoms with van der Waals surface area (Å²) in [5.41, 5.74) is -1.98. The molecule has 0 radical (unpaired) electrons. The van der Waals surface area contributed by atoms with Gasteiger partial charge in [0.15, 0.2) is 15.6 Å². The van der Waals surface area contributed by atoms with Gasteiger partial charge in [0.05, 0.1) is 22.1 Å². The summed E-state index contributed by atoms with van der Waals surface area (Å²) in [6.45, 7) is 16.2. The van der Waals surface area contributed by atoms with Gasteiger partial charge in [-0.15, -0.1) is 0 Å². The van der Waals surface area contributed by atoms with E-state index in [9.17, 15) is 32.4 Å². The van der Waals surface area contributed by atoms with Crippen LogP contribution in [-0.2, 0) is 29.0 Å². The Labute approximate surface area is 297 Å². The lowest BCUT2D eigenvalue weighted by molar-refractivity contribution is -0.145. The Morgan fingerprint density at radius 1 is 0.980 bits per heavy atom. The van der Waals surface area contributed by atoms with Gasteiger partial charge in [-0.2, -0.15) is 0 Å². The molecule has 49 heavy (non-hydrogen) atoms. The van der Waals surface area contributed by atoms with Crippen LogP contribution in [-0.4, -0.2) is 83.4 Å². The molecule has 5 atom stereocenters. The summed E-state index contributed by atoms with van der Waals surface area (Å²) in [5, 5.41) is 8.57. The van der Waals surface area contributed by atoms with Gasteiger partial charge in [-0.3, -0.25) is 19.2 Å². The number of hydrogen-bond donors (Lipinski definition) is 3. The Hall–Kier alpha value is -2.50. The van der Waals surface area contributed by atoms with Crippen molar-refractivity contribution in [1.29, 1.82) is 0 Å². The summed E-state index contributed by atoms with van der Waals surface area (Å²) < 4.78 is 41.6. The van der Waals surface area contributed by atoms with E-state index in [1.54, 1.807) is 20.8 Å². The van der Waals surface area contributed by atoms with Crippen LogP contribution in [0.25, 0.3) is 0 Å². The predicted molar refractivity (Wildman–Crippen MR) is 189 cm³/mol. The first-order chi connectivity index (χ1) is 23.2. The summed E-state index contributed by atoms with van der Waals surface area (Å²) in [6.07, 6.45) is 3.17. The zero-order valence-corrected chi connectivity index (χ0v) is 32.0. The van der Waals surface area contributed by atoms with E-state index >= 15 is 0 Å². The maximum Gasteiger partial charge on any atom is 0.315 e. The van der Waals surface area contributed by atoms with E-state index in [2.05, 4.69) is 16.0 Å². The van der Waals surface area contributed by atoms with Crippen molar-refractivity contribution in [2.75, 3.05) is 12.3 Å². The second-order valence-electron chi connectivity index (χ2n) is 17.9. The van der Waals surface area contributed by atoms with Gasteiger partial charge in [0.2, 0.25) is 11.7 Å². The monoisotopic (exact) mass is 708 g/mol. The normalized spacial score (nSPS) is 26.7. The molecule has 0 aromatic rings. The third-order valence-corrected chi connectivity index (χ3v) is 14.3. The molecular weight excluding hydrogens is 644 g/mol. The second kappa shape index (κ2) is 14.3. The maximum absolute atomic E-state index is 14.5. The van der Waals surface area contributed by atoms with Crippen molar-refractivity contribution >= 4 is 39.2 Å². The van der Waals surface area contributed by atoms with Crippen LogP contribution in [0.5, 0.6) is 0 Å². The fraction of sp³-hybridized carbons (Fsp3) is 0.865. The standard InChI is InChI=1S/C37H62N4O7S/c1-10-11-15-23(29(43)31(44)38-24-16-17-24)20-26(42)28-27-25(36(27,8)9)21-41(28)32(45)30(34(2,3)4)39-33(46)40-37(18-13-12-14-19-37)22-49(47,48)35(5,6)7/h23-25,27-28,30H,10-22H2,1-9H3,(H,38,44)(H2,39,40,46)/t23-,25+,27+,28-,30-/m1/s1/i10D2. The van der Waals surface area contributed by atoms with Crippen molar-refractivity contribution in [3.63, 3.8) is 0 Å². The van der Waals surface area contributed by atoms with Gasteiger partial charge < -0.3 is 20.9 Å². The van der Waals surface area contributed by atoms with Crippen molar-refractivity contribution in [1.82, 2.24) is 20.9 Å². The van der Waals surface area contributed by atoms with Crippen LogP contribution < -0.4 is 16.0 Å². The number of carbonyl (C=O) groups is 5. The van der Waals surface area contributed by atoms with Gasteiger partial charge in [-0.25, -0.2) is 13.2 Å². The molecule has 1 heterocycles. The lowest BCUT2D eigenvalue weighted by Crippen LogP contribution is -2.63. The van der Waals surface area contributed by atoms with Gasteiger partial charge in [0, 0.05) is 27.7 Å². The van der Waals surface area contributed by atoms with E-state index in [1.807, 2.05) is 34.6 Å². The Balaban J connectivity index is 1.56. The molecule has 3 aliphatic carbocycles. The molecule has 4 fully saturated rings. The molecule has 0 spiro atoms. The molecule has 0 bridgehead atoms. The van der Waals surface area contributed by atoms with Crippen LogP contribution in [0.3, 0.4) is 0 Å². The number of fused-ring (bicyclic) bond motifs is 1. The van der Waals surface area contributed by atoms with Crippen LogP contribution in [0.2, 0.25) is 0 Å². The molecule has 1 aliphatic heterocycles. The van der Waals surface area contributed by atoms with Crippen molar-refractivity contribution in [2.45, 2.75) is 161 Å². The molecule has 0 aromatic carbocycles. The van der Waals surface area contributed by atoms with Crippen LogP contribution >= 0.6 is 0 Å². The third-order valence-electron chi connectivity index (χ3n) is 11.5. The first kappa shape index (κ1) is 36.3. The van der Waals surface area contributed by atoms with E-state index in [4.69, 9.17) is 2.74 Å². The van der Waals surface area contributed by atoms with Crippen molar-refractivity contribution < 1.29 is 35.1 Å². The average Bonchev–Trinajstić information content (AvgIpc) is 3.83. The maximum atomic E-state index is 14.5. The van der Waals surface area contributed by atoms with Crippen LogP contribution in [0, 0.1) is 28.6 Å². The molecule has 0 unspecified atom stereocenters. The number of hydrogen-bond acceptors (Lipinski definition) is 7. The minimum absolute atomic E-state index is 0.0120. The van der Waals surface area contributed by atoms with Gasteiger partial charge in [0.1, 0.15) is 6.04 Å². The van der Waals surface area contributed by atoms with Crippen molar-refractivity contribution in [3.05, 3.63) is 0 Å². The number of ketones is 2. The fourth-order valence-corrected chi connectivity index (χ4v) is 9.42. The van der Waals surface area contributed by atoms with Crippen LogP contribution in [0.1, 0.15) is 136 Å². The number of likely N-dealkylation sites (tertiary alicyclic amines) is 1. The molecular formula is C37H62N4O7S. The highest BCUT2D eigenvalue weighted by atomic mass is 32.2. The van der Waals surface area contributed by atoms with Gasteiger partial charge in [-0.05, 0) is 75.5 Å². The molecule has 12 heteroatoms. The third kappa shape index (κ3) is 8.87. The summed E-state index contributed by atoms with van der Waals surface area (Å²) in [5.74, 6) is -3.63. The summed E-state index contributed by atoms with van der Waals surface area (Å²) in [4.78, 5) is 70.2. The van der Waals surface area contributed by atoms with E-state index in [0.29, 0.717) is 19.4 Å². The highest BCUT2D eigenvalue weighted by Crippen LogP contribution is 2.65. The fourth-order valence-electron chi connectivity index (χ4n) is 7.90. The largest absolute Gasteiger partial charge is 0.347 e. The van der Waals surface area contributed by atoms with Crippen molar-refractivity contribution in [3.8, 4) is 0 Å². The second-order valence-corrected chi connectivity index (χ2v) is 20.6. The van der Waals surface area contributed by atoms with E-state index < -0.39 is 73.5 Å². The molecule has 1 saturated heterocycles. The molecule has 4 aliphatic rings. The van der Waals surface area contributed by atoms with Crippen LogP contribution in [0.15, 0.2) is 0 Å². The molecule has 11 nitrogen and oxygen atoms in total. The Morgan fingerprint density at radius 3 is 2.12 bits per heavy atom. The number of nitrogens with zero attached hydrogens (tertiary/aromatic N) is 1. The SMILES string of the molecule is [2H]C([2H])(C)CC[C@H](CC(=O)[C@@H]1[C@@H]2[C@H](CN1C(=O)[C@@H](NC(=O)NC1(CS(=O)(=O)C(C)(C)C)CCCCC1)C(C)(C)C)C2(C)C)C(=O)C(=O)NC1CC1. The molecule has 4 rings (SSSR count). The summed E-state index contributed by atoms with van der Waals surface area (Å²) in [7, 11) is -3.58. The Morgan fingerprint density at radius 2 is 1.59 bits per heavy atom. The smallest absolute Gasteiger partial charge is 0.315 e. The summed E-state index contributed by atoms with van der Waals surface area (Å²) >= 11 is 0. The van der Waals surface area contributed by atoms with Crippen molar-refractivity contribution in [2.24, 2.45) is 28.6 Å². The minimum atomic E-state index is -3.58. The molecule has 278 valence electrons. The highest BCUT2D eigenvalue weighted by Gasteiger charge is 2.69. The summed E-state index contributed by atoms with van der Waals surface area (Å²) in [6, 6.07) is -2.61. The van der Waals surface area contributed by atoms with Gasteiger partial charge in [0.25, 0.3) is 5.91 Å². The van der Waals surface area contributed by atoms with Gasteiger partial charge in [-0.1, -0.05) is 73.6 Å². The molecule has 4 amide bonds. The number of sulfone groups is 1. The first-order valence-corrected chi connectivity index (χ1v) is 19.8. The highest BCUT2D eigenvalue weighted by molar-refractivity contribution is 7.92. The van der Waals surface area contributed by atoms with E-state index in [0.717, 1.165) is 32.1 Å². The number of rotatable bonds is 14. The number of Topliss-reactive ketones (excluding diaryl/α,β-unsaturated/α-hetero) is 2. The quantitative estimate of drug-likeness (QED) is 0.221. The minimum Gasteiger partial charge on any atom is -0.347 e. The van der Waals surface area contributed by atoms with E-state index in [1.165, 1.54) is 11.8 Å². The molecule has 0 aromatic heterocycles. The number of nitrogens with one attached hydrogen (secondary N) is 3. The lowest BCUT2D eigenvalue weighted by atomic mass is 9.83. The topological polar surface area (TPSA) is 159 Å². The lowest BCUT2D eigenvalue weighted by Gasteiger charge is -2.41. The van der Waals surface area contributed by atoms with Crippen LogP contribution in [0.4, 0.5) is 4.79 Å². The zero-order chi connectivity index (χ0) is 38.5. The average molecular weight is 709 g/mol. The Kier molecular flexibility index (Phi) is 10.6. The first-order valence-electron chi connectivity index (χ1n) is 19.2. The number of amides is 4. The predicted octanol–water partition coefficient (Wildman–Crippen LogP) is 4.71. The number of piperidine rings is 1. The van der Waals surface area contributed by atoms with E-state index in [-0.39, 0.29) is 54.1 Å². The number of carbonyl (C=O) groups excluding carboxylic acids is 5. The zero-order valence-electron chi connectivity index (χ0n) is 33.2. The number of urea groups is 1. The Bertz CT molecular complexity index is 1480. The van der Waals surface area contributed by atoms with Gasteiger partial charge >= 0.3 is 6.03 Å².